The van der Waals surface area contributed by atoms with Crippen molar-refractivity contribution in [3.8, 4) is 5.69 Å². The molecular formula is C33H34FN7O3. The van der Waals surface area contributed by atoms with E-state index in [0.717, 1.165) is 21.9 Å². The molecule has 0 unspecified atom stereocenters. The summed E-state index contributed by atoms with van der Waals surface area (Å²) in [5, 5.41) is 9.99. The Kier molecular flexibility index (Phi) is 7.48. The molecule has 0 aliphatic carbocycles. The van der Waals surface area contributed by atoms with Crippen LogP contribution < -0.4 is 4.90 Å². The van der Waals surface area contributed by atoms with Crippen LogP contribution in [0.1, 0.15) is 55.1 Å². The van der Waals surface area contributed by atoms with Crippen molar-refractivity contribution in [2.45, 2.75) is 59.1 Å². The van der Waals surface area contributed by atoms with Crippen LogP contribution in [0.4, 0.5) is 15.0 Å². The molecule has 1 saturated heterocycles. The number of halogens is 1. The van der Waals surface area contributed by atoms with Crippen molar-refractivity contribution in [2.24, 2.45) is 0 Å². The zero-order chi connectivity index (χ0) is 31.2. The predicted molar refractivity (Wildman–Crippen MR) is 165 cm³/mol. The number of nitrogens with zero attached hydrogens (tertiary/aromatic N) is 7. The first-order chi connectivity index (χ1) is 21.0. The fourth-order valence-electron chi connectivity index (χ4n) is 5.74. The number of carbonyl (C=O) groups excluding carboxylic acids is 2. The second kappa shape index (κ2) is 11.3. The van der Waals surface area contributed by atoms with Gasteiger partial charge in [0.05, 0.1) is 17.3 Å². The molecule has 226 valence electrons. The van der Waals surface area contributed by atoms with Gasteiger partial charge in [0.15, 0.2) is 5.65 Å². The van der Waals surface area contributed by atoms with E-state index >= 15 is 4.39 Å². The SMILES string of the molecule is Cc1cnc(N(C(=O)c2ccc(-n3nnc4cccnc43)cc2F)[C@@H]2CCCN(C(=O)OC(C)(C)C)C2)c2c(C)cccc12. The summed E-state index contributed by atoms with van der Waals surface area (Å²) in [6, 6.07) is 13.3. The van der Waals surface area contributed by atoms with Crippen LogP contribution in [-0.2, 0) is 4.74 Å². The van der Waals surface area contributed by atoms with E-state index in [1.807, 2.05) is 52.8 Å². The number of likely N-dealkylation sites (tertiary alicyclic amines) is 1. The van der Waals surface area contributed by atoms with Crippen molar-refractivity contribution in [2.75, 3.05) is 18.0 Å². The molecular weight excluding hydrogens is 561 g/mol. The molecule has 1 fully saturated rings. The van der Waals surface area contributed by atoms with Gasteiger partial charge in [0.2, 0.25) is 0 Å². The standard InChI is InChI=1S/C33H34FN7O3/c1-20-9-6-11-24-21(2)18-36-30(28(20)24)40(23-10-8-16-39(19-23)32(43)44-33(3,4)5)31(42)25-14-13-22(17-26(25)34)41-29-27(37-38-41)12-7-15-35-29/h6-7,9,11-15,17-18,23H,8,10,16,19H2,1-5H3/t23-/m1/s1. The predicted octanol–water partition coefficient (Wildman–Crippen LogP) is 6.17. The molecule has 5 aromatic rings. The minimum Gasteiger partial charge on any atom is -0.444 e. The highest BCUT2D eigenvalue weighted by Crippen LogP contribution is 2.34. The van der Waals surface area contributed by atoms with E-state index in [-0.39, 0.29) is 12.1 Å². The first-order valence-electron chi connectivity index (χ1n) is 14.6. The largest absolute Gasteiger partial charge is 0.444 e. The molecule has 10 nitrogen and oxygen atoms in total. The van der Waals surface area contributed by atoms with E-state index in [2.05, 4.69) is 15.3 Å². The molecule has 0 bridgehead atoms. The molecule has 6 rings (SSSR count). The van der Waals surface area contributed by atoms with E-state index in [9.17, 15) is 9.59 Å². The normalized spacial score (nSPS) is 15.5. The van der Waals surface area contributed by atoms with Gasteiger partial charge in [0.1, 0.15) is 22.8 Å². The average Bonchev–Trinajstić information content (AvgIpc) is 3.42. The van der Waals surface area contributed by atoms with Crippen molar-refractivity contribution in [3.63, 3.8) is 0 Å². The molecule has 1 aliphatic rings. The molecule has 0 N–H and O–H groups in total. The lowest BCUT2D eigenvalue weighted by atomic mass is 9.99. The zero-order valence-corrected chi connectivity index (χ0v) is 25.4. The maximum absolute atomic E-state index is 15.9. The van der Waals surface area contributed by atoms with Gasteiger partial charge >= 0.3 is 6.09 Å². The summed E-state index contributed by atoms with van der Waals surface area (Å²) in [4.78, 5) is 39.8. The summed E-state index contributed by atoms with van der Waals surface area (Å²) in [5.74, 6) is -0.836. The number of amides is 2. The third kappa shape index (κ3) is 5.45. The highest BCUT2D eigenvalue weighted by molar-refractivity contribution is 6.11. The third-order valence-electron chi connectivity index (χ3n) is 7.80. The summed E-state index contributed by atoms with van der Waals surface area (Å²) in [6.45, 7) is 10.1. The second-order valence-corrected chi connectivity index (χ2v) is 12.2. The van der Waals surface area contributed by atoms with Gasteiger partial charge in [-0.25, -0.2) is 19.2 Å². The summed E-state index contributed by atoms with van der Waals surface area (Å²) < 4.78 is 23.0. The van der Waals surface area contributed by atoms with Crippen molar-refractivity contribution in [1.82, 2.24) is 29.9 Å². The number of aromatic nitrogens is 5. The van der Waals surface area contributed by atoms with Gasteiger partial charge in [-0.15, -0.1) is 5.10 Å². The molecule has 3 aromatic heterocycles. The minimum absolute atomic E-state index is 0.121. The Bertz CT molecular complexity index is 1900. The maximum atomic E-state index is 15.9. The van der Waals surface area contributed by atoms with E-state index in [0.29, 0.717) is 42.1 Å². The van der Waals surface area contributed by atoms with Crippen molar-refractivity contribution in [1.29, 1.82) is 0 Å². The number of rotatable bonds is 4. The van der Waals surface area contributed by atoms with Gasteiger partial charge in [-0.3, -0.25) is 9.69 Å². The molecule has 11 heteroatoms. The number of hydrogen-bond donors (Lipinski definition) is 0. The number of benzene rings is 2. The van der Waals surface area contributed by atoms with Crippen LogP contribution in [0.2, 0.25) is 0 Å². The van der Waals surface area contributed by atoms with E-state index in [1.54, 1.807) is 40.4 Å². The highest BCUT2D eigenvalue weighted by atomic mass is 19.1. The molecule has 2 aromatic carbocycles. The van der Waals surface area contributed by atoms with Crippen LogP contribution in [0.25, 0.3) is 27.6 Å². The molecule has 44 heavy (non-hydrogen) atoms. The Labute approximate surface area is 254 Å². The number of ether oxygens (including phenoxy) is 1. The number of aryl methyl sites for hydroxylation is 2. The lowest BCUT2D eigenvalue weighted by Gasteiger charge is -2.39. The Balaban J connectivity index is 1.43. The fourth-order valence-corrected chi connectivity index (χ4v) is 5.74. The van der Waals surface area contributed by atoms with Crippen LogP contribution >= 0.6 is 0 Å². The number of piperidine rings is 1. The number of fused-ring (bicyclic) bond motifs is 2. The van der Waals surface area contributed by atoms with Gasteiger partial charge in [-0.1, -0.05) is 23.4 Å². The Hall–Kier alpha value is -4.93. The smallest absolute Gasteiger partial charge is 0.410 e. The van der Waals surface area contributed by atoms with Gasteiger partial charge < -0.3 is 9.64 Å². The van der Waals surface area contributed by atoms with E-state index in [1.165, 1.54) is 16.8 Å². The Morgan fingerprint density at radius 2 is 1.86 bits per heavy atom. The summed E-state index contributed by atoms with van der Waals surface area (Å²) in [5.41, 5.74) is 2.54. The van der Waals surface area contributed by atoms with Gasteiger partial charge in [-0.05, 0) is 88.2 Å². The lowest BCUT2D eigenvalue weighted by Crippen LogP contribution is -2.53. The number of hydrogen-bond acceptors (Lipinski definition) is 7. The first kappa shape index (κ1) is 29.2. The van der Waals surface area contributed by atoms with Crippen molar-refractivity contribution >= 4 is 39.8 Å². The number of carbonyl (C=O) groups is 2. The maximum Gasteiger partial charge on any atom is 0.410 e. The zero-order valence-electron chi connectivity index (χ0n) is 25.4. The molecule has 2 amide bonds. The van der Waals surface area contributed by atoms with Gasteiger partial charge in [0.25, 0.3) is 5.91 Å². The van der Waals surface area contributed by atoms with Crippen molar-refractivity contribution < 1.29 is 18.7 Å². The Morgan fingerprint density at radius 3 is 2.64 bits per heavy atom. The second-order valence-electron chi connectivity index (χ2n) is 12.2. The third-order valence-corrected chi connectivity index (χ3v) is 7.80. The topological polar surface area (TPSA) is 106 Å². The van der Waals surface area contributed by atoms with Crippen LogP contribution in [-0.4, -0.2) is 66.6 Å². The van der Waals surface area contributed by atoms with Crippen LogP contribution in [0.15, 0.2) is 60.9 Å². The molecule has 1 atom stereocenters. The van der Waals surface area contributed by atoms with Crippen LogP contribution in [0.3, 0.4) is 0 Å². The summed E-state index contributed by atoms with van der Waals surface area (Å²) in [7, 11) is 0. The summed E-state index contributed by atoms with van der Waals surface area (Å²) >= 11 is 0. The number of anilines is 1. The number of pyridine rings is 2. The van der Waals surface area contributed by atoms with Crippen LogP contribution in [0, 0.1) is 19.7 Å². The van der Waals surface area contributed by atoms with Gasteiger partial charge in [-0.2, -0.15) is 4.68 Å². The average molecular weight is 596 g/mol. The van der Waals surface area contributed by atoms with Crippen molar-refractivity contribution in [3.05, 3.63) is 83.4 Å². The Morgan fingerprint density at radius 1 is 1.05 bits per heavy atom. The molecule has 0 radical (unpaired) electrons. The van der Waals surface area contributed by atoms with E-state index in [4.69, 9.17) is 9.72 Å². The quantitative estimate of drug-likeness (QED) is 0.245. The van der Waals surface area contributed by atoms with E-state index < -0.39 is 29.5 Å². The van der Waals surface area contributed by atoms with Gasteiger partial charge in [0, 0.05) is 36.9 Å². The molecule has 4 heterocycles. The fraction of sp³-hybridized carbons (Fsp3) is 0.333. The highest BCUT2D eigenvalue weighted by Gasteiger charge is 2.36. The minimum atomic E-state index is -0.718. The lowest BCUT2D eigenvalue weighted by molar-refractivity contribution is 0.0196. The molecule has 1 aliphatic heterocycles. The van der Waals surface area contributed by atoms with Crippen LogP contribution in [0.5, 0.6) is 0 Å². The summed E-state index contributed by atoms with van der Waals surface area (Å²) in [6.07, 6.45) is 4.14. The first-order valence-corrected chi connectivity index (χ1v) is 14.6. The monoisotopic (exact) mass is 595 g/mol. The molecule has 0 saturated carbocycles. The molecule has 0 spiro atoms.